The lowest BCUT2D eigenvalue weighted by molar-refractivity contribution is 0.0936. The summed E-state index contributed by atoms with van der Waals surface area (Å²) >= 11 is 7.89. The first-order chi connectivity index (χ1) is 20.6. The van der Waals surface area contributed by atoms with E-state index in [1.54, 1.807) is 28.0 Å². The van der Waals surface area contributed by atoms with Crippen molar-refractivity contribution in [3.8, 4) is 0 Å². The van der Waals surface area contributed by atoms with Crippen molar-refractivity contribution in [3.63, 3.8) is 0 Å². The Morgan fingerprint density at radius 2 is 1.64 bits per heavy atom. The van der Waals surface area contributed by atoms with Gasteiger partial charge in [0.15, 0.2) is 0 Å². The summed E-state index contributed by atoms with van der Waals surface area (Å²) in [6.45, 7) is 0.396. The molecule has 6 aromatic rings. The minimum Gasteiger partial charge on any atom is -0.345 e. The molecule has 0 saturated heterocycles. The first-order valence-electron chi connectivity index (χ1n) is 14.1. The number of rotatable bonds is 7. The third-order valence-electron chi connectivity index (χ3n) is 7.95. The van der Waals surface area contributed by atoms with Crippen LogP contribution in [0.2, 0.25) is 5.02 Å². The molecule has 3 aromatic carbocycles. The molecule has 1 unspecified atom stereocenters. The highest BCUT2D eigenvalue weighted by molar-refractivity contribution is 7.18. The third kappa shape index (κ3) is 4.91. The second kappa shape index (κ2) is 11.2. The lowest BCUT2D eigenvalue weighted by atomic mass is 9.97. The van der Waals surface area contributed by atoms with E-state index in [0.29, 0.717) is 35.2 Å². The average molecular weight is 594 g/mol. The van der Waals surface area contributed by atoms with Crippen LogP contribution >= 0.6 is 22.9 Å². The van der Waals surface area contributed by atoms with E-state index in [1.165, 1.54) is 10.4 Å². The Kier molecular flexibility index (Phi) is 7.09. The quantitative estimate of drug-likeness (QED) is 0.232. The summed E-state index contributed by atoms with van der Waals surface area (Å²) in [7, 11) is 0. The van der Waals surface area contributed by atoms with Crippen molar-refractivity contribution in [3.05, 3.63) is 133 Å². The van der Waals surface area contributed by atoms with E-state index >= 15 is 0 Å². The molecule has 0 spiro atoms. The Hall–Kier alpha value is -4.27. The minimum absolute atomic E-state index is 0.0219. The van der Waals surface area contributed by atoms with Crippen LogP contribution in [0, 0.1) is 0 Å². The number of halogens is 1. The second-order valence-electron chi connectivity index (χ2n) is 10.7. The molecule has 42 heavy (non-hydrogen) atoms. The van der Waals surface area contributed by atoms with Gasteiger partial charge < -0.3 is 5.32 Å². The van der Waals surface area contributed by atoms with Crippen LogP contribution in [-0.2, 0) is 25.8 Å². The fourth-order valence-corrected chi connectivity index (χ4v) is 7.37. The largest absolute Gasteiger partial charge is 0.345 e. The molecule has 0 radical (unpaired) electrons. The van der Waals surface area contributed by atoms with Crippen molar-refractivity contribution < 1.29 is 4.79 Å². The fraction of sp³-hybridized carbons (Fsp3) is 0.212. The molecular formula is C33H28ClN5O2S. The monoisotopic (exact) mass is 593 g/mol. The molecule has 3 heterocycles. The normalized spacial score (nSPS) is 13.7. The van der Waals surface area contributed by atoms with Crippen LogP contribution in [-0.4, -0.2) is 25.1 Å². The highest BCUT2D eigenvalue weighted by Gasteiger charge is 2.27. The van der Waals surface area contributed by atoms with Gasteiger partial charge in [0.2, 0.25) is 5.78 Å². The molecule has 0 fully saturated rings. The molecule has 0 saturated carbocycles. The number of nitrogens with zero attached hydrogens (tertiary/aromatic N) is 4. The van der Waals surface area contributed by atoms with Crippen LogP contribution in [0.3, 0.4) is 0 Å². The highest BCUT2D eigenvalue weighted by atomic mass is 35.5. The first kappa shape index (κ1) is 26.6. The zero-order valence-corrected chi connectivity index (χ0v) is 24.4. The smallest absolute Gasteiger partial charge is 0.264 e. The summed E-state index contributed by atoms with van der Waals surface area (Å²) in [5.74, 6) is 1.01. The molecule has 1 aliphatic rings. The number of benzene rings is 3. The summed E-state index contributed by atoms with van der Waals surface area (Å²) in [5, 5.41) is 13.8. The molecule has 0 aliphatic heterocycles. The Balaban J connectivity index is 1.38. The molecule has 3 aromatic heterocycles. The topological polar surface area (TPSA) is 81.3 Å². The van der Waals surface area contributed by atoms with E-state index in [1.807, 2.05) is 77.2 Å². The van der Waals surface area contributed by atoms with E-state index in [2.05, 4.69) is 15.5 Å². The van der Waals surface area contributed by atoms with Gasteiger partial charge in [-0.15, -0.1) is 21.5 Å². The van der Waals surface area contributed by atoms with Gasteiger partial charge in [-0.05, 0) is 66.6 Å². The predicted molar refractivity (Wildman–Crippen MR) is 167 cm³/mol. The van der Waals surface area contributed by atoms with Crippen LogP contribution in [0.15, 0.2) is 89.7 Å². The third-order valence-corrected chi connectivity index (χ3v) is 9.48. The Bertz CT molecular complexity index is 1960. The van der Waals surface area contributed by atoms with Crippen LogP contribution in [0.5, 0.6) is 0 Å². The standard InChI is InChI=1S/C33H28ClN5O2S/c34-24-17-15-22(16-18-24)26(35-30(40)23-11-5-2-6-12-23)19-28-36-37-33-38(20-21-9-3-1-4-10-21)31(41)29-25-13-7-8-14-27(25)42-32(29)39(28)33/h1-6,9-12,15-18,26H,7-8,13-14,19-20H2,(H,35,40). The molecule has 1 atom stereocenters. The lowest BCUT2D eigenvalue weighted by Gasteiger charge is -2.19. The lowest BCUT2D eigenvalue weighted by Crippen LogP contribution is -2.30. The number of aromatic nitrogens is 4. The van der Waals surface area contributed by atoms with Crippen molar-refractivity contribution >= 4 is 44.8 Å². The van der Waals surface area contributed by atoms with Crippen molar-refractivity contribution in [2.24, 2.45) is 0 Å². The van der Waals surface area contributed by atoms with Crippen molar-refractivity contribution in [1.82, 2.24) is 24.5 Å². The van der Waals surface area contributed by atoms with Crippen molar-refractivity contribution in [2.45, 2.75) is 44.7 Å². The molecule has 7 rings (SSSR count). The number of carbonyl (C=O) groups excluding carboxylic acids is 1. The van der Waals surface area contributed by atoms with Gasteiger partial charge in [-0.3, -0.25) is 18.6 Å². The summed E-state index contributed by atoms with van der Waals surface area (Å²) in [6.07, 6.45) is 4.46. The highest BCUT2D eigenvalue weighted by Crippen LogP contribution is 2.36. The minimum atomic E-state index is -0.401. The summed E-state index contributed by atoms with van der Waals surface area (Å²) < 4.78 is 3.79. The maximum absolute atomic E-state index is 14.1. The van der Waals surface area contributed by atoms with Crippen LogP contribution in [0.4, 0.5) is 0 Å². The number of fused-ring (bicyclic) bond motifs is 5. The van der Waals surface area contributed by atoms with Crippen LogP contribution in [0.25, 0.3) is 16.0 Å². The van der Waals surface area contributed by atoms with Gasteiger partial charge in [-0.25, -0.2) is 0 Å². The molecule has 1 amide bonds. The number of carbonyl (C=O) groups is 1. The maximum atomic E-state index is 14.1. The molecule has 9 heteroatoms. The van der Waals surface area contributed by atoms with Gasteiger partial charge in [0, 0.05) is 21.9 Å². The first-order valence-corrected chi connectivity index (χ1v) is 15.3. The SMILES string of the molecule is O=C(NC(Cc1nnc2n(Cc3ccccc3)c(=O)c3c4c(sc3n12)CCCC4)c1ccc(Cl)cc1)c1ccccc1. The van der Waals surface area contributed by atoms with E-state index in [9.17, 15) is 9.59 Å². The van der Waals surface area contributed by atoms with E-state index in [-0.39, 0.29) is 11.5 Å². The number of amides is 1. The summed E-state index contributed by atoms with van der Waals surface area (Å²) in [6, 6.07) is 26.2. The van der Waals surface area contributed by atoms with Crippen LogP contribution in [0.1, 0.15) is 56.6 Å². The van der Waals surface area contributed by atoms with Crippen molar-refractivity contribution in [1.29, 1.82) is 0 Å². The zero-order chi connectivity index (χ0) is 28.6. The van der Waals surface area contributed by atoms with Gasteiger partial charge in [-0.1, -0.05) is 72.3 Å². The molecule has 1 N–H and O–H groups in total. The number of thiophene rings is 1. The average Bonchev–Trinajstić information content (AvgIpc) is 3.62. The molecule has 210 valence electrons. The number of hydrogen-bond acceptors (Lipinski definition) is 5. The van der Waals surface area contributed by atoms with Gasteiger partial charge >= 0.3 is 0 Å². The zero-order valence-electron chi connectivity index (χ0n) is 22.8. The maximum Gasteiger partial charge on any atom is 0.264 e. The Morgan fingerprint density at radius 1 is 0.929 bits per heavy atom. The molecular weight excluding hydrogens is 566 g/mol. The Morgan fingerprint density at radius 3 is 2.40 bits per heavy atom. The number of hydrogen-bond donors (Lipinski definition) is 1. The van der Waals surface area contributed by atoms with Gasteiger partial charge in [0.1, 0.15) is 10.7 Å². The second-order valence-corrected chi connectivity index (χ2v) is 12.2. The molecule has 7 nitrogen and oxygen atoms in total. The molecule has 0 bridgehead atoms. The molecule has 1 aliphatic carbocycles. The van der Waals surface area contributed by atoms with E-state index in [4.69, 9.17) is 11.6 Å². The van der Waals surface area contributed by atoms with Crippen LogP contribution < -0.4 is 10.9 Å². The van der Waals surface area contributed by atoms with Crippen molar-refractivity contribution in [2.75, 3.05) is 0 Å². The van der Waals surface area contributed by atoms with E-state index < -0.39 is 6.04 Å². The number of nitrogens with one attached hydrogen (secondary N) is 1. The van der Waals surface area contributed by atoms with E-state index in [0.717, 1.165) is 47.0 Å². The fourth-order valence-electron chi connectivity index (χ4n) is 5.85. The van der Waals surface area contributed by atoms with Gasteiger partial charge in [0.05, 0.1) is 18.0 Å². The van der Waals surface area contributed by atoms with Gasteiger partial charge in [0.25, 0.3) is 11.5 Å². The summed E-state index contributed by atoms with van der Waals surface area (Å²) in [5.41, 5.74) is 3.64. The Labute approximate surface area is 251 Å². The van der Waals surface area contributed by atoms with Gasteiger partial charge in [-0.2, -0.15) is 0 Å². The predicted octanol–water partition coefficient (Wildman–Crippen LogP) is 6.40. The number of aryl methyl sites for hydroxylation is 2. The summed E-state index contributed by atoms with van der Waals surface area (Å²) in [4.78, 5) is 29.6.